The summed E-state index contributed by atoms with van der Waals surface area (Å²) in [5, 5.41) is 6.34. The van der Waals surface area contributed by atoms with E-state index in [1.54, 1.807) is 12.3 Å². The highest BCUT2D eigenvalue weighted by Gasteiger charge is 2.16. The third kappa shape index (κ3) is 4.56. The zero-order valence-electron chi connectivity index (χ0n) is 13.4. The molecule has 0 bridgehead atoms. The summed E-state index contributed by atoms with van der Waals surface area (Å²) in [5.74, 6) is 0.452. The average molecular weight is 302 g/mol. The SMILES string of the molecule is CC(C)N=Cc1cccc(C(=O)NCC2CCNCC2)c1N. The first-order valence-corrected chi connectivity index (χ1v) is 7.98. The van der Waals surface area contributed by atoms with Gasteiger partial charge in [0.05, 0.1) is 11.3 Å². The average Bonchev–Trinajstić information content (AvgIpc) is 2.52. The number of hydrogen-bond donors (Lipinski definition) is 3. The van der Waals surface area contributed by atoms with Crippen molar-refractivity contribution in [2.75, 3.05) is 25.4 Å². The molecule has 0 aliphatic carbocycles. The minimum atomic E-state index is -0.101. The molecule has 120 valence electrons. The number of nitrogens with zero attached hydrogens (tertiary/aromatic N) is 1. The topological polar surface area (TPSA) is 79.5 Å². The van der Waals surface area contributed by atoms with Crippen molar-refractivity contribution < 1.29 is 4.79 Å². The summed E-state index contributed by atoms with van der Waals surface area (Å²) in [6, 6.07) is 5.69. The lowest BCUT2D eigenvalue weighted by molar-refractivity contribution is 0.0945. The fourth-order valence-electron chi connectivity index (χ4n) is 2.54. The Labute approximate surface area is 132 Å². The van der Waals surface area contributed by atoms with Crippen molar-refractivity contribution in [2.45, 2.75) is 32.7 Å². The second-order valence-electron chi connectivity index (χ2n) is 6.08. The Morgan fingerprint density at radius 2 is 2.18 bits per heavy atom. The van der Waals surface area contributed by atoms with Gasteiger partial charge in [-0.2, -0.15) is 0 Å². The zero-order chi connectivity index (χ0) is 15.9. The molecule has 0 atom stereocenters. The molecule has 1 aromatic rings. The number of benzene rings is 1. The number of carbonyl (C=O) groups excluding carboxylic acids is 1. The summed E-state index contributed by atoms with van der Waals surface area (Å²) in [7, 11) is 0. The van der Waals surface area contributed by atoms with Crippen molar-refractivity contribution >= 4 is 17.8 Å². The third-order valence-corrected chi connectivity index (χ3v) is 3.91. The van der Waals surface area contributed by atoms with Gasteiger partial charge in [0.15, 0.2) is 0 Å². The highest BCUT2D eigenvalue weighted by Crippen LogP contribution is 2.17. The van der Waals surface area contributed by atoms with E-state index in [2.05, 4.69) is 15.6 Å². The maximum Gasteiger partial charge on any atom is 0.253 e. The van der Waals surface area contributed by atoms with Gasteiger partial charge in [-0.15, -0.1) is 0 Å². The van der Waals surface area contributed by atoms with Gasteiger partial charge in [-0.3, -0.25) is 9.79 Å². The van der Waals surface area contributed by atoms with Gasteiger partial charge in [-0.1, -0.05) is 12.1 Å². The Kier molecular flexibility index (Phi) is 5.95. The number of piperidine rings is 1. The molecule has 1 heterocycles. The molecule has 0 radical (unpaired) electrons. The van der Waals surface area contributed by atoms with E-state index in [0.717, 1.165) is 31.5 Å². The summed E-state index contributed by atoms with van der Waals surface area (Å²) in [6.45, 7) is 6.78. The molecule has 1 amide bonds. The lowest BCUT2D eigenvalue weighted by Crippen LogP contribution is -2.36. The lowest BCUT2D eigenvalue weighted by Gasteiger charge is -2.22. The number of nitrogens with one attached hydrogen (secondary N) is 2. The van der Waals surface area contributed by atoms with Crippen molar-refractivity contribution in [3.8, 4) is 0 Å². The molecule has 0 spiro atoms. The van der Waals surface area contributed by atoms with Crippen molar-refractivity contribution in [1.82, 2.24) is 10.6 Å². The van der Waals surface area contributed by atoms with Crippen LogP contribution in [0.5, 0.6) is 0 Å². The molecule has 0 saturated carbocycles. The molecule has 1 aromatic carbocycles. The van der Waals surface area contributed by atoms with E-state index in [4.69, 9.17) is 5.73 Å². The Balaban J connectivity index is 2.01. The zero-order valence-corrected chi connectivity index (χ0v) is 13.4. The molecule has 1 saturated heterocycles. The number of nitrogen functional groups attached to an aromatic ring is 1. The van der Waals surface area contributed by atoms with E-state index in [1.807, 2.05) is 26.0 Å². The summed E-state index contributed by atoms with van der Waals surface area (Å²) in [4.78, 5) is 16.7. The van der Waals surface area contributed by atoms with Crippen LogP contribution >= 0.6 is 0 Å². The highest BCUT2D eigenvalue weighted by molar-refractivity contribution is 6.03. The van der Waals surface area contributed by atoms with E-state index < -0.39 is 0 Å². The van der Waals surface area contributed by atoms with Crippen LogP contribution in [0, 0.1) is 5.92 Å². The molecular weight excluding hydrogens is 276 g/mol. The molecule has 22 heavy (non-hydrogen) atoms. The first kappa shape index (κ1) is 16.5. The predicted octanol–water partition coefficient (Wildman–Crippen LogP) is 1.83. The largest absolute Gasteiger partial charge is 0.398 e. The maximum absolute atomic E-state index is 12.3. The van der Waals surface area contributed by atoms with Gasteiger partial charge in [-0.05, 0) is 51.8 Å². The van der Waals surface area contributed by atoms with Crippen molar-refractivity contribution in [3.63, 3.8) is 0 Å². The van der Waals surface area contributed by atoms with Crippen LogP contribution in [0.3, 0.4) is 0 Å². The molecule has 0 aromatic heterocycles. The molecule has 1 fully saturated rings. The van der Waals surface area contributed by atoms with Crippen LogP contribution in [-0.2, 0) is 0 Å². The summed E-state index contributed by atoms with van der Waals surface area (Å²) >= 11 is 0. The third-order valence-electron chi connectivity index (χ3n) is 3.91. The number of aliphatic imine (C=N–C) groups is 1. The van der Waals surface area contributed by atoms with Gasteiger partial charge in [0.25, 0.3) is 5.91 Å². The second-order valence-corrected chi connectivity index (χ2v) is 6.08. The number of rotatable bonds is 5. The fraction of sp³-hybridized carbons (Fsp3) is 0.529. The van der Waals surface area contributed by atoms with Crippen LogP contribution in [0.25, 0.3) is 0 Å². The minimum absolute atomic E-state index is 0.101. The van der Waals surface area contributed by atoms with E-state index in [-0.39, 0.29) is 11.9 Å². The van der Waals surface area contributed by atoms with Crippen LogP contribution in [0.2, 0.25) is 0 Å². The van der Waals surface area contributed by atoms with Crippen LogP contribution in [0.15, 0.2) is 23.2 Å². The number of para-hydroxylation sites is 1. The second kappa shape index (κ2) is 7.94. The summed E-state index contributed by atoms with van der Waals surface area (Å²) < 4.78 is 0. The van der Waals surface area contributed by atoms with E-state index in [0.29, 0.717) is 23.7 Å². The molecule has 5 nitrogen and oxygen atoms in total. The Morgan fingerprint density at radius 3 is 2.86 bits per heavy atom. The summed E-state index contributed by atoms with van der Waals surface area (Å²) in [6.07, 6.45) is 3.96. The van der Waals surface area contributed by atoms with Gasteiger partial charge >= 0.3 is 0 Å². The molecule has 1 aliphatic rings. The maximum atomic E-state index is 12.3. The fourth-order valence-corrected chi connectivity index (χ4v) is 2.54. The molecule has 5 heteroatoms. The van der Waals surface area contributed by atoms with E-state index in [1.165, 1.54) is 0 Å². The normalized spacial score (nSPS) is 16.3. The van der Waals surface area contributed by atoms with E-state index >= 15 is 0 Å². The van der Waals surface area contributed by atoms with Gasteiger partial charge in [-0.25, -0.2) is 0 Å². The van der Waals surface area contributed by atoms with Crippen LogP contribution in [0.4, 0.5) is 5.69 Å². The number of hydrogen-bond acceptors (Lipinski definition) is 4. The lowest BCUT2D eigenvalue weighted by atomic mass is 9.98. The van der Waals surface area contributed by atoms with Crippen LogP contribution < -0.4 is 16.4 Å². The number of anilines is 1. The van der Waals surface area contributed by atoms with Gasteiger partial charge in [0, 0.05) is 24.4 Å². The van der Waals surface area contributed by atoms with E-state index in [9.17, 15) is 4.79 Å². The quantitative estimate of drug-likeness (QED) is 0.573. The Bertz CT molecular complexity index is 533. The van der Waals surface area contributed by atoms with Crippen molar-refractivity contribution in [3.05, 3.63) is 29.3 Å². The predicted molar refractivity (Wildman–Crippen MR) is 91.5 cm³/mol. The first-order valence-electron chi connectivity index (χ1n) is 7.98. The number of carbonyl (C=O) groups is 1. The summed E-state index contributed by atoms with van der Waals surface area (Å²) in [5.41, 5.74) is 7.94. The molecule has 1 aliphatic heterocycles. The molecule has 2 rings (SSSR count). The highest BCUT2D eigenvalue weighted by atomic mass is 16.1. The first-order chi connectivity index (χ1) is 10.6. The van der Waals surface area contributed by atoms with Crippen molar-refractivity contribution in [2.24, 2.45) is 10.9 Å². The van der Waals surface area contributed by atoms with Gasteiger partial charge in [0.1, 0.15) is 0 Å². The number of amides is 1. The monoisotopic (exact) mass is 302 g/mol. The smallest absolute Gasteiger partial charge is 0.253 e. The van der Waals surface area contributed by atoms with Crippen molar-refractivity contribution in [1.29, 1.82) is 0 Å². The number of nitrogens with two attached hydrogens (primary N) is 1. The molecular formula is C17H26N4O. The molecule has 0 unspecified atom stereocenters. The Hall–Kier alpha value is -1.88. The van der Waals surface area contributed by atoms with Gasteiger partial charge in [0.2, 0.25) is 0 Å². The van der Waals surface area contributed by atoms with Crippen LogP contribution in [0.1, 0.15) is 42.6 Å². The minimum Gasteiger partial charge on any atom is -0.398 e. The Morgan fingerprint density at radius 1 is 1.45 bits per heavy atom. The molecule has 4 N–H and O–H groups in total. The standard InChI is InChI=1S/C17H26N4O/c1-12(2)20-11-14-4-3-5-15(16(14)18)17(22)21-10-13-6-8-19-9-7-13/h3-5,11-13,19H,6-10,18H2,1-2H3,(H,21,22). The van der Waals surface area contributed by atoms with Gasteiger partial charge < -0.3 is 16.4 Å². The van der Waals surface area contributed by atoms with Crippen LogP contribution in [-0.4, -0.2) is 37.8 Å².